The van der Waals surface area contributed by atoms with Crippen molar-refractivity contribution in [2.45, 2.75) is 40.2 Å². The van der Waals surface area contributed by atoms with Gasteiger partial charge in [-0.25, -0.2) is 4.79 Å². The Labute approximate surface area is 162 Å². The molecule has 2 heterocycles. The van der Waals surface area contributed by atoms with Crippen LogP contribution in [0, 0.1) is 13.8 Å². The molecule has 1 atom stereocenters. The Bertz CT molecular complexity index is 919. The Hall–Kier alpha value is -2.67. The normalized spacial score (nSPS) is 15.4. The van der Waals surface area contributed by atoms with Gasteiger partial charge in [0.1, 0.15) is 5.00 Å². The van der Waals surface area contributed by atoms with Gasteiger partial charge in [0.25, 0.3) is 5.91 Å². The number of anilines is 2. The first kappa shape index (κ1) is 19.1. The Morgan fingerprint density at radius 2 is 1.96 bits per heavy atom. The van der Waals surface area contributed by atoms with Crippen molar-refractivity contribution in [3.63, 3.8) is 0 Å². The maximum absolute atomic E-state index is 12.7. The van der Waals surface area contributed by atoms with E-state index in [0.717, 1.165) is 28.1 Å². The van der Waals surface area contributed by atoms with E-state index in [0.29, 0.717) is 10.6 Å². The second kappa shape index (κ2) is 7.52. The average Bonchev–Trinajstić information content (AvgIpc) is 3.07. The fraction of sp³-hybridized carbons (Fsp3) is 0.350. The molecule has 0 saturated heterocycles. The number of rotatable bonds is 4. The number of nitrogens with one attached hydrogen (secondary N) is 1. The van der Waals surface area contributed by atoms with Crippen LogP contribution in [0.25, 0.3) is 0 Å². The molecule has 2 aromatic rings. The molecule has 1 unspecified atom stereocenters. The Morgan fingerprint density at radius 1 is 1.26 bits per heavy atom. The molecule has 1 aliphatic rings. The number of amides is 2. The summed E-state index contributed by atoms with van der Waals surface area (Å²) >= 11 is 1.32. The Kier molecular flexibility index (Phi) is 5.32. The van der Waals surface area contributed by atoms with Crippen LogP contribution in [0.4, 0.5) is 10.7 Å². The molecule has 1 N–H and O–H groups in total. The van der Waals surface area contributed by atoms with Gasteiger partial charge in [-0.1, -0.05) is 18.2 Å². The van der Waals surface area contributed by atoms with Gasteiger partial charge in [-0.05, 0) is 44.4 Å². The van der Waals surface area contributed by atoms with Gasteiger partial charge in [0.15, 0.2) is 6.61 Å². The lowest BCUT2D eigenvalue weighted by atomic mass is 10.1. The number of hydrogen-bond donors (Lipinski definition) is 1. The van der Waals surface area contributed by atoms with E-state index in [2.05, 4.69) is 5.32 Å². The lowest BCUT2D eigenvalue weighted by molar-refractivity contribution is -0.122. The van der Waals surface area contributed by atoms with Crippen LogP contribution in [0.2, 0.25) is 0 Å². The van der Waals surface area contributed by atoms with E-state index >= 15 is 0 Å². The van der Waals surface area contributed by atoms with Crippen LogP contribution >= 0.6 is 11.3 Å². The van der Waals surface area contributed by atoms with E-state index in [1.54, 1.807) is 11.8 Å². The number of hydrogen-bond acceptors (Lipinski definition) is 5. The van der Waals surface area contributed by atoms with Gasteiger partial charge in [0.2, 0.25) is 5.91 Å². The first-order valence-electron chi connectivity index (χ1n) is 8.74. The number of para-hydroxylation sites is 1. The zero-order valence-corrected chi connectivity index (χ0v) is 16.6. The molecule has 0 spiro atoms. The molecular formula is C20H22N2O4S. The van der Waals surface area contributed by atoms with Crippen molar-refractivity contribution in [2.75, 3.05) is 16.8 Å². The minimum Gasteiger partial charge on any atom is -0.452 e. The molecule has 1 aliphatic heterocycles. The average molecular weight is 386 g/mol. The standard InChI is InChI=1S/C20H22N2O4S/c1-11-9-15-7-5-6-8-16(15)22(11)17(24)10-26-20(25)18-12(2)13(3)27-19(18)21-14(4)23/h5-8,11H,9-10H2,1-4H3,(H,21,23). The van der Waals surface area contributed by atoms with Gasteiger partial charge in [0.05, 0.1) is 5.56 Å². The van der Waals surface area contributed by atoms with Crippen molar-refractivity contribution < 1.29 is 19.1 Å². The van der Waals surface area contributed by atoms with Gasteiger partial charge in [0, 0.05) is 23.5 Å². The zero-order chi connectivity index (χ0) is 19.7. The molecule has 0 fully saturated rings. The van der Waals surface area contributed by atoms with Crippen LogP contribution in [-0.2, 0) is 20.7 Å². The summed E-state index contributed by atoms with van der Waals surface area (Å²) in [6, 6.07) is 7.77. The highest BCUT2D eigenvalue weighted by molar-refractivity contribution is 7.16. The quantitative estimate of drug-likeness (QED) is 0.817. The van der Waals surface area contributed by atoms with Crippen molar-refractivity contribution >= 4 is 39.8 Å². The van der Waals surface area contributed by atoms with E-state index in [-0.39, 0.29) is 24.5 Å². The first-order chi connectivity index (χ1) is 12.8. The van der Waals surface area contributed by atoms with Gasteiger partial charge >= 0.3 is 5.97 Å². The van der Waals surface area contributed by atoms with E-state index in [4.69, 9.17) is 4.74 Å². The van der Waals surface area contributed by atoms with Crippen LogP contribution in [0.15, 0.2) is 24.3 Å². The lowest BCUT2D eigenvalue weighted by Crippen LogP contribution is -2.38. The summed E-state index contributed by atoms with van der Waals surface area (Å²) in [5, 5.41) is 3.12. The number of ether oxygens (including phenoxy) is 1. The number of benzene rings is 1. The number of fused-ring (bicyclic) bond motifs is 1. The third-order valence-corrected chi connectivity index (χ3v) is 5.80. The number of carbonyl (C=O) groups is 3. The lowest BCUT2D eigenvalue weighted by Gasteiger charge is -2.22. The Balaban J connectivity index is 1.73. The minimum atomic E-state index is -0.603. The molecule has 0 saturated carbocycles. The molecule has 7 heteroatoms. The highest BCUT2D eigenvalue weighted by Gasteiger charge is 2.31. The molecule has 142 valence electrons. The Morgan fingerprint density at radius 3 is 2.67 bits per heavy atom. The SMILES string of the molecule is CC(=O)Nc1sc(C)c(C)c1C(=O)OCC(=O)N1c2ccccc2CC1C. The van der Waals surface area contributed by atoms with Crippen molar-refractivity contribution in [3.8, 4) is 0 Å². The summed E-state index contributed by atoms with van der Waals surface area (Å²) in [7, 11) is 0. The van der Waals surface area contributed by atoms with Gasteiger partial charge in [-0.2, -0.15) is 0 Å². The predicted octanol–water partition coefficient (Wildman–Crippen LogP) is 3.46. The minimum absolute atomic E-state index is 0.0219. The van der Waals surface area contributed by atoms with Crippen LogP contribution in [0.1, 0.15) is 40.2 Å². The van der Waals surface area contributed by atoms with Crippen LogP contribution in [-0.4, -0.2) is 30.4 Å². The molecular weight excluding hydrogens is 364 g/mol. The summed E-state index contributed by atoms with van der Waals surface area (Å²) in [4.78, 5) is 39.3. The first-order valence-corrected chi connectivity index (χ1v) is 9.56. The number of thiophene rings is 1. The monoisotopic (exact) mass is 386 g/mol. The predicted molar refractivity (Wildman–Crippen MR) is 105 cm³/mol. The zero-order valence-electron chi connectivity index (χ0n) is 15.8. The maximum atomic E-state index is 12.7. The summed E-state index contributed by atoms with van der Waals surface area (Å²) in [5.74, 6) is -1.12. The summed E-state index contributed by atoms with van der Waals surface area (Å²) < 4.78 is 5.31. The van der Waals surface area contributed by atoms with Crippen LogP contribution in [0.3, 0.4) is 0 Å². The fourth-order valence-electron chi connectivity index (χ4n) is 3.34. The second-order valence-corrected chi connectivity index (χ2v) is 7.92. The molecule has 2 amide bonds. The summed E-state index contributed by atoms with van der Waals surface area (Å²) in [6.07, 6.45) is 0.783. The molecule has 1 aromatic heterocycles. The second-order valence-electron chi connectivity index (χ2n) is 6.69. The fourth-order valence-corrected chi connectivity index (χ4v) is 4.43. The molecule has 0 bridgehead atoms. The van der Waals surface area contributed by atoms with E-state index in [1.165, 1.54) is 18.3 Å². The maximum Gasteiger partial charge on any atom is 0.341 e. The van der Waals surface area contributed by atoms with E-state index in [1.807, 2.05) is 38.1 Å². The van der Waals surface area contributed by atoms with Crippen molar-refractivity contribution in [3.05, 3.63) is 45.8 Å². The molecule has 3 rings (SSSR count). The highest BCUT2D eigenvalue weighted by atomic mass is 32.1. The largest absolute Gasteiger partial charge is 0.452 e. The topological polar surface area (TPSA) is 75.7 Å². The van der Waals surface area contributed by atoms with Gasteiger partial charge in [-0.3, -0.25) is 9.59 Å². The van der Waals surface area contributed by atoms with Crippen molar-refractivity contribution in [2.24, 2.45) is 0 Å². The highest BCUT2D eigenvalue weighted by Crippen LogP contribution is 2.34. The number of aryl methyl sites for hydroxylation is 1. The van der Waals surface area contributed by atoms with E-state index < -0.39 is 5.97 Å². The number of carbonyl (C=O) groups excluding carboxylic acids is 3. The summed E-state index contributed by atoms with van der Waals surface area (Å²) in [5.41, 5.74) is 3.05. The van der Waals surface area contributed by atoms with Crippen LogP contribution in [0.5, 0.6) is 0 Å². The molecule has 0 aliphatic carbocycles. The molecule has 27 heavy (non-hydrogen) atoms. The third kappa shape index (κ3) is 3.73. The van der Waals surface area contributed by atoms with Crippen LogP contribution < -0.4 is 10.2 Å². The van der Waals surface area contributed by atoms with Crippen molar-refractivity contribution in [1.29, 1.82) is 0 Å². The van der Waals surface area contributed by atoms with Gasteiger partial charge < -0.3 is 15.0 Å². The summed E-state index contributed by atoms with van der Waals surface area (Å²) in [6.45, 7) is 6.69. The number of esters is 1. The molecule has 6 nitrogen and oxygen atoms in total. The smallest absolute Gasteiger partial charge is 0.341 e. The molecule has 1 aromatic carbocycles. The van der Waals surface area contributed by atoms with Gasteiger partial charge in [-0.15, -0.1) is 11.3 Å². The van der Waals surface area contributed by atoms with E-state index in [9.17, 15) is 14.4 Å². The number of nitrogens with zero attached hydrogens (tertiary/aromatic N) is 1. The third-order valence-electron chi connectivity index (χ3n) is 4.68. The molecule has 0 radical (unpaired) electrons. The van der Waals surface area contributed by atoms with Crippen molar-refractivity contribution in [1.82, 2.24) is 0 Å².